The zero-order valence-electron chi connectivity index (χ0n) is 20.7. The summed E-state index contributed by atoms with van der Waals surface area (Å²) < 4.78 is 25.8. The number of amides is 1. The highest BCUT2D eigenvalue weighted by atomic mass is 16.6. The molecule has 0 heterocycles. The Kier molecular flexibility index (Phi) is 9.25. The summed E-state index contributed by atoms with van der Waals surface area (Å²) in [7, 11) is 4.22. The number of carboxylic acids is 1. The van der Waals surface area contributed by atoms with Crippen molar-refractivity contribution in [2.75, 3.05) is 26.6 Å². The molecule has 3 aromatic carbocycles. The Hall–Kier alpha value is -5.06. The maximum absolute atomic E-state index is 13.2. The van der Waals surface area contributed by atoms with Crippen molar-refractivity contribution >= 4 is 29.5 Å². The SMILES string of the molecule is COc1cccc(NC(=O)[C@H](OC(=O)c2cccc(OC)c2)[C@H](OC(=O)c2cccc(OC)c2)C(=O)O)c1. The number of esters is 2. The molecule has 0 aromatic heterocycles. The second-order valence-corrected chi connectivity index (χ2v) is 7.68. The Labute approximate surface area is 217 Å². The van der Waals surface area contributed by atoms with E-state index in [-0.39, 0.29) is 16.8 Å². The number of anilines is 1. The van der Waals surface area contributed by atoms with E-state index in [4.69, 9.17) is 23.7 Å². The van der Waals surface area contributed by atoms with Crippen molar-refractivity contribution in [3.8, 4) is 17.2 Å². The Morgan fingerprint density at radius 1 is 0.658 bits per heavy atom. The molecule has 0 aliphatic carbocycles. The number of carbonyl (C=O) groups excluding carboxylic acids is 3. The van der Waals surface area contributed by atoms with E-state index >= 15 is 0 Å². The average molecular weight is 523 g/mol. The quantitative estimate of drug-likeness (QED) is 0.359. The standard InChI is InChI=1S/C27H25NO10/c1-34-19-10-4-7-16(13-19)26(32)37-22(24(29)28-18-9-6-12-21(15-18)36-3)23(25(30)31)38-27(33)17-8-5-11-20(14-17)35-2/h4-15,22-23H,1-3H3,(H,28,29)(H,30,31)/t22-,23+/m1/s1. The molecule has 0 unspecified atom stereocenters. The highest BCUT2D eigenvalue weighted by Crippen LogP contribution is 2.21. The fourth-order valence-corrected chi connectivity index (χ4v) is 3.28. The van der Waals surface area contributed by atoms with E-state index in [9.17, 15) is 24.3 Å². The van der Waals surface area contributed by atoms with Gasteiger partial charge < -0.3 is 34.1 Å². The van der Waals surface area contributed by atoms with Crippen LogP contribution in [0.1, 0.15) is 20.7 Å². The molecule has 2 atom stereocenters. The predicted octanol–water partition coefficient (Wildman–Crippen LogP) is 3.19. The molecule has 0 spiro atoms. The van der Waals surface area contributed by atoms with Gasteiger partial charge in [0.15, 0.2) is 0 Å². The second-order valence-electron chi connectivity index (χ2n) is 7.68. The van der Waals surface area contributed by atoms with Crippen LogP contribution in [0.4, 0.5) is 5.69 Å². The van der Waals surface area contributed by atoms with Crippen LogP contribution in [0.3, 0.4) is 0 Å². The largest absolute Gasteiger partial charge is 0.497 e. The Bertz CT molecular complexity index is 1320. The van der Waals surface area contributed by atoms with Crippen molar-refractivity contribution in [1.82, 2.24) is 0 Å². The zero-order chi connectivity index (χ0) is 27.7. The van der Waals surface area contributed by atoms with Crippen LogP contribution in [0.25, 0.3) is 0 Å². The third-order valence-electron chi connectivity index (χ3n) is 5.19. The van der Waals surface area contributed by atoms with Gasteiger partial charge in [-0.15, -0.1) is 0 Å². The number of hydrogen-bond donors (Lipinski definition) is 2. The van der Waals surface area contributed by atoms with Gasteiger partial charge in [-0.25, -0.2) is 14.4 Å². The molecule has 0 saturated carbocycles. The monoisotopic (exact) mass is 523 g/mol. The van der Waals surface area contributed by atoms with E-state index in [1.165, 1.54) is 69.9 Å². The lowest BCUT2D eigenvalue weighted by Gasteiger charge is -2.23. The highest BCUT2D eigenvalue weighted by molar-refractivity contribution is 6.01. The summed E-state index contributed by atoms with van der Waals surface area (Å²) in [5.41, 5.74) is 0.161. The average Bonchev–Trinajstić information content (AvgIpc) is 2.94. The topological polar surface area (TPSA) is 147 Å². The van der Waals surface area contributed by atoms with Crippen molar-refractivity contribution in [3.63, 3.8) is 0 Å². The lowest BCUT2D eigenvalue weighted by atomic mass is 10.1. The van der Waals surface area contributed by atoms with Gasteiger partial charge in [0.1, 0.15) is 17.2 Å². The predicted molar refractivity (Wildman–Crippen MR) is 134 cm³/mol. The maximum atomic E-state index is 13.2. The first kappa shape index (κ1) is 27.5. The molecule has 3 rings (SSSR count). The van der Waals surface area contributed by atoms with Gasteiger partial charge in [0.25, 0.3) is 5.91 Å². The zero-order valence-corrected chi connectivity index (χ0v) is 20.7. The molecule has 0 saturated heterocycles. The molecule has 0 radical (unpaired) electrons. The van der Waals surface area contributed by atoms with E-state index < -0.39 is 36.0 Å². The van der Waals surface area contributed by atoms with Crippen molar-refractivity contribution in [2.45, 2.75) is 12.2 Å². The third-order valence-corrected chi connectivity index (χ3v) is 5.19. The minimum Gasteiger partial charge on any atom is -0.497 e. The van der Waals surface area contributed by atoms with E-state index in [2.05, 4.69) is 5.32 Å². The first-order chi connectivity index (χ1) is 18.2. The molecule has 198 valence electrons. The van der Waals surface area contributed by atoms with Crippen LogP contribution < -0.4 is 19.5 Å². The van der Waals surface area contributed by atoms with Crippen molar-refractivity contribution in [3.05, 3.63) is 83.9 Å². The van der Waals surface area contributed by atoms with E-state index in [1.807, 2.05) is 0 Å². The third kappa shape index (κ3) is 7.00. The molecule has 0 fully saturated rings. The Morgan fingerprint density at radius 3 is 1.58 bits per heavy atom. The molecular weight excluding hydrogens is 498 g/mol. The van der Waals surface area contributed by atoms with Crippen LogP contribution in [0.5, 0.6) is 17.2 Å². The second kappa shape index (κ2) is 12.8. The number of hydrogen-bond acceptors (Lipinski definition) is 9. The molecule has 11 nitrogen and oxygen atoms in total. The number of aliphatic carboxylic acids is 1. The highest BCUT2D eigenvalue weighted by Gasteiger charge is 2.41. The summed E-state index contributed by atoms with van der Waals surface area (Å²) in [6.45, 7) is 0. The van der Waals surface area contributed by atoms with Gasteiger partial charge in [-0.05, 0) is 48.5 Å². The summed E-state index contributed by atoms with van der Waals surface area (Å²) >= 11 is 0. The summed E-state index contributed by atoms with van der Waals surface area (Å²) in [6.07, 6.45) is -4.28. The number of ether oxygens (including phenoxy) is 5. The molecule has 38 heavy (non-hydrogen) atoms. The Balaban J connectivity index is 1.94. The van der Waals surface area contributed by atoms with Gasteiger partial charge in [0.2, 0.25) is 12.2 Å². The number of carboxylic acid groups (broad SMARTS) is 1. The smallest absolute Gasteiger partial charge is 0.349 e. The first-order valence-electron chi connectivity index (χ1n) is 11.1. The summed E-state index contributed by atoms with van der Waals surface area (Å²) in [6, 6.07) is 17.8. The fourth-order valence-electron chi connectivity index (χ4n) is 3.28. The van der Waals surface area contributed by atoms with E-state index in [1.54, 1.807) is 24.3 Å². The van der Waals surface area contributed by atoms with Crippen LogP contribution >= 0.6 is 0 Å². The summed E-state index contributed by atoms with van der Waals surface area (Å²) in [5.74, 6) is -3.83. The molecule has 0 aliphatic heterocycles. The van der Waals surface area contributed by atoms with Gasteiger partial charge in [-0.1, -0.05) is 18.2 Å². The molecule has 11 heteroatoms. The molecule has 0 bridgehead atoms. The van der Waals surface area contributed by atoms with Gasteiger partial charge in [-0.2, -0.15) is 0 Å². The van der Waals surface area contributed by atoms with E-state index in [0.717, 1.165) is 0 Å². The van der Waals surface area contributed by atoms with E-state index in [0.29, 0.717) is 17.2 Å². The molecule has 1 amide bonds. The molecule has 2 N–H and O–H groups in total. The van der Waals surface area contributed by atoms with Crippen molar-refractivity contribution in [2.24, 2.45) is 0 Å². The normalized spacial score (nSPS) is 11.9. The van der Waals surface area contributed by atoms with Gasteiger partial charge in [0.05, 0.1) is 32.5 Å². The van der Waals surface area contributed by atoms with Gasteiger partial charge in [-0.3, -0.25) is 4.79 Å². The lowest BCUT2D eigenvalue weighted by molar-refractivity contribution is -0.157. The fraction of sp³-hybridized carbons (Fsp3) is 0.185. The van der Waals surface area contributed by atoms with Crippen molar-refractivity contribution < 1.29 is 48.0 Å². The number of rotatable bonds is 11. The van der Waals surface area contributed by atoms with Crippen molar-refractivity contribution in [1.29, 1.82) is 0 Å². The molecule has 0 aliphatic rings. The van der Waals surface area contributed by atoms with Gasteiger partial charge in [0, 0.05) is 11.8 Å². The lowest BCUT2D eigenvalue weighted by Crippen LogP contribution is -2.48. The molecule has 3 aromatic rings. The van der Waals surface area contributed by atoms with Crippen LogP contribution in [0, 0.1) is 0 Å². The van der Waals surface area contributed by atoms with Gasteiger partial charge >= 0.3 is 17.9 Å². The van der Waals surface area contributed by atoms with Crippen LogP contribution in [0.2, 0.25) is 0 Å². The summed E-state index contributed by atoms with van der Waals surface area (Å²) in [5, 5.41) is 12.4. The Morgan fingerprint density at radius 2 is 1.11 bits per heavy atom. The minimum absolute atomic E-state index is 0.0215. The van der Waals surface area contributed by atoms with Crippen LogP contribution in [-0.2, 0) is 19.1 Å². The van der Waals surface area contributed by atoms with Crippen LogP contribution in [0.15, 0.2) is 72.8 Å². The molecular formula is C27H25NO10. The maximum Gasteiger partial charge on any atom is 0.349 e. The number of nitrogens with one attached hydrogen (secondary N) is 1. The van der Waals surface area contributed by atoms with Crippen LogP contribution in [-0.4, -0.2) is 62.5 Å². The summed E-state index contributed by atoms with van der Waals surface area (Å²) in [4.78, 5) is 51.1. The first-order valence-corrected chi connectivity index (χ1v) is 11.1. The number of benzene rings is 3. The number of carbonyl (C=O) groups is 4. The minimum atomic E-state index is -2.20. The number of methoxy groups -OCH3 is 3.